The van der Waals surface area contributed by atoms with Gasteiger partial charge in [-0.15, -0.1) is 0 Å². The summed E-state index contributed by atoms with van der Waals surface area (Å²) in [5.41, 5.74) is 1.07. The molecule has 1 aliphatic heterocycles. The first-order valence-corrected chi connectivity index (χ1v) is 6.44. The van der Waals surface area contributed by atoms with Crippen molar-refractivity contribution in [1.29, 1.82) is 0 Å². The summed E-state index contributed by atoms with van der Waals surface area (Å²) < 4.78 is 5.67. The lowest BCUT2D eigenvalue weighted by Gasteiger charge is -2.27. The van der Waals surface area contributed by atoms with Gasteiger partial charge < -0.3 is 30.4 Å². The summed E-state index contributed by atoms with van der Waals surface area (Å²) in [6.45, 7) is 0. The van der Waals surface area contributed by atoms with Crippen LogP contribution in [0, 0.1) is 0 Å². The molecule has 5 N–H and O–H groups in total. The van der Waals surface area contributed by atoms with Crippen LogP contribution in [0.4, 0.5) is 0 Å². The van der Waals surface area contributed by atoms with Gasteiger partial charge >= 0.3 is 0 Å². The predicted octanol–water partition coefficient (Wildman–Crippen LogP) is 2.02. The molecule has 0 saturated heterocycles. The molecule has 0 aliphatic carbocycles. The number of fused-ring (bicyclic) bond motifs is 1. The van der Waals surface area contributed by atoms with Crippen molar-refractivity contribution in [3.05, 3.63) is 41.5 Å². The van der Waals surface area contributed by atoms with Gasteiger partial charge in [-0.05, 0) is 12.1 Å². The molecule has 114 valence electrons. The first-order chi connectivity index (χ1) is 10.5. The summed E-state index contributed by atoms with van der Waals surface area (Å²) in [7, 11) is 0. The molecule has 1 atom stereocenters. The second kappa shape index (κ2) is 5.03. The van der Waals surface area contributed by atoms with Crippen LogP contribution in [0.3, 0.4) is 0 Å². The lowest BCUT2D eigenvalue weighted by molar-refractivity contribution is 0.240. The van der Waals surface area contributed by atoms with Gasteiger partial charge in [0.15, 0.2) is 17.6 Å². The van der Waals surface area contributed by atoms with Crippen LogP contribution in [0.25, 0.3) is 0 Å². The Bertz CT molecular complexity index is 771. The number of ether oxygens (including phenoxy) is 1. The second-order valence-corrected chi connectivity index (χ2v) is 4.96. The molecule has 2 aromatic carbocycles. The predicted molar refractivity (Wildman–Crippen MR) is 75.8 cm³/mol. The van der Waals surface area contributed by atoms with Crippen molar-refractivity contribution in [3.63, 3.8) is 0 Å². The Morgan fingerprint density at radius 3 is 2.41 bits per heavy atom. The van der Waals surface area contributed by atoms with Crippen molar-refractivity contribution in [1.82, 2.24) is 0 Å². The molecule has 1 aliphatic rings. The van der Waals surface area contributed by atoms with Crippen molar-refractivity contribution in [2.45, 2.75) is 12.5 Å². The third-order valence-electron chi connectivity index (χ3n) is 3.51. The molecule has 0 saturated carbocycles. The van der Waals surface area contributed by atoms with Gasteiger partial charge in [-0.25, -0.2) is 0 Å². The van der Waals surface area contributed by atoms with Crippen LogP contribution in [0.1, 0.15) is 17.2 Å². The molecule has 1 heterocycles. The van der Waals surface area contributed by atoms with Crippen LogP contribution in [-0.4, -0.2) is 31.3 Å². The highest BCUT2D eigenvalue weighted by Crippen LogP contribution is 2.41. The van der Waals surface area contributed by atoms with Gasteiger partial charge in [0.1, 0.15) is 23.0 Å². The van der Waals surface area contributed by atoms with E-state index in [2.05, 4.69) is 5.16 Å². The largest absolute Gasteiger partial charge is 0.508 e. The minimum Gasteiger partial charge on any atom is -0.508 e. The van der Waals surface area contributed by atoms with Gasteiger partial charge in [-0.2, -0.15) is 0 Å². The maximum Gasteiger partial charge on any atom is 0.166 e. The molecule has 7 heteroatoms. The van der Waals surface area contributed by atoms with Crippen molar-refractivity contribution in [2.24, 2.45) is 5.16 Å². The minimum absolute atomic E-state index is 0.115. The average Bonchev–Trinajstić information content (AvgIpc) is 2.48. The standard InChI is InChI=1S/C15H13NO6/c17-8-4-12(19)9-6-10(16-21)15(22-14(9)5-8)7-1-2-11(18)13(20)3-7/h1-5,15,17-21H,6H2/b16-10+. The van der Waals surface area contributed by atoms with Gasteiger partial charge in [-0.3, -0.25) is 0 Å². The van der Waals surface area contributed by atoms with Crippen LogP contribution in [0.15, 0.2) is 35.5 Å². The van der Waals surface area contributed by atoms with Crippen LogP contribution in [0.5, 0.6) is 28.7 Å². The summed E-state index contributed by atoms with van der Waals surface area (Å²) in [4.78, 5) is 0. The average molecular weight is 303 g/mol. The quantitative estimate of drug-likeness (QED) is 0.312. The Kier molecular flexibility index (Phi) is 3.17. The number of hydrogen-bond donors (Lipinski definition) is 5. The minimum atomic E-state index is -0.815. The molecular weight excluding hydrogens is 290 g/mol. The Labute approximate surface area is 125 Å². The normalized spacial score (nSPS) is 18.7. The number of phenolic OH excluding ortho intramolecular Hbond substituents is 4. The van der Waals surface area contributed by atoms with E-state index in [0.717, 1.165) is 0 Å². The van der Waals surface area contributed by atoms with Gasteiger partial charge in [0.25, 0.3) is 0 Å². The van der Waals surface area contributed by atoms with Gasteiger partial charge in [0.2, 0.25) is 0 Å². The van der Waals surface area contributed by atoms with E-state index in [0.29, 0.717) is 11.1 Å². The van der Waals surface area contributed by atoms with E-state index in [-0.39, 0.29) is 40.9 Å². The molecule has 0 spiro atoms. The number of phenols is 4. The fourth-order valence-corrected chi connectivity index (χ4v) is 2.42. The van der Waals surface area contributed by atoms with Crippen molar-refractivity contribution < 1.29 is 30.4 Å². The summed E-state index contributed by atoms with van der Waals surface area (Å²) in [6.07, 6.45) is -0.699. The molecule has 22 heavy (non-hydrogen) atoms. The van der Waals surface area contributed by atoms with E-state index in [1.165, 1.54) is 30.3 Å². The van der Waals surface area contributed by atoms with Gasteiger partial charge in [-0.1, -0.05) is 11.2 Å². The first kappa shape index (κ1) is 13.9. The van der Waals surface area contributed by atoms with Crippen LogP contribution in [0.2, 0.25) is 0 Å². The van der Waals surface area contributed by atoms with E-state index in [1.54, 1.807) is 0 Å². The Hall–Kier alpha value is -3.09. The molecule has 2 aromatic rings. The lowest BCUT2D eigenvalue weighted by atomic mass is 9.94. The number of hydrogen-bond acceptors (Lipinski definition) is 7. The summed E-state index contributed by atoms with van der Waals surface area (Å²) in [5.74, 6) is -0.681. The lowest BCUT2D eigenvalue weighted by Crippen LogP contribution is -2.26. The molecule has 7 nitrogen and oxygen atoms in total. The zero-order chi connectivity index (χ0) is 15.9. The van der Waals surface area contributed by atoms with Crippen molar-refractivity contribution >= 4 is 5.71 Å². The summed E-state index contributed by atoms with van der Waals surface area (Å²) in [5, 5.41) is 50.7. The van der Waals surface area contributed by atoms with E-state index >= 15 is 0 Å². The highest BCUT2D eigenvalue weighted by molar-refractivity contribution is 5.94. The van der Waals surface area contributed by atoms with Crippen LogP contribution >= 0.6 is 0 Å². The van der Waals surface area contributed by atoms with Gasteiger partial charge in [0, 0.05) is 29.7 Å². The molecular formula is C15H13NO6. The monoisotopic (exact) mass is 303 g/mol. The zero-order valence-corrected chi connectivity index (χ0v) is 11.3. The number of oxime groups is 1. The fraction of sp³-hybridized carbons (Fsp3) is 0.133. The first-order valence-electron chi connectivity index (χ1n) is 6.44. The number of benzene rings is 2. The molecule has 0 amide bonds. The number of aromatic hydroxyl groups is 4. The van der Waals surface area contributed by atoms with Crippen molar-refractivity contribution in [3.8, 4) is 28.7 Å². The molecule has 0 radical (unpaired) electrons. The van der Waals surface area contributed by atoms with Gasteiger partial charge in [0.05, 0.1) is 0 Å². The second-order valence-electron chi connectivity index (χ2n) is 4.96. The number of rotatable bonds is 1. The Morgan fingerprint density at radius 1 is 0.955 bits per heavy atom. The highest BCUT2D eigenvalue weighted by Gasteiger charge is 2.31. The molecule has 0 aromatic heterocycles. The summed E-state index contributed by atoms with van der Waals surface area (Å²) in [6, 6.07) is 6.61. The number of nitrogens with zero attached hydrogens (tertiary/aromatic N) is 1. The van der Waals surface area contributed by atoms with Crippen LogP contribution < -0.4 is 4.74 Å². The smallest absolute Gasteiger partial charge is 0.166 e. The van der Waals surface area contributed by atoms with Crippen molar-refractivity contribution in [2.75, 3.05) is 0 Å². The molecule has 0 bridgehead atoms. The SMILES string of the molecule is O/N=C1\Cc2c(O)cc(O)cc2OC1c1ccc(O)c(O)c1. The van der Waals surface area contributed by atoms with E-state index in [4.69, 9.17) is 4.74 Å². The van der Waals surface area contributed by atoms with E-state index < -0.39 is 6.10 Å². The molecule has 0 fully saturated rings. The van der Waals surface area contributed by atoms with E-state index in [1.807, 2.05) is 0 Å². The Balaban J connectivity index is 2.07. The third kappa shape index (κ3) is 2.22. The maximum atomic E-state index is 9.84. The fourth-order valence-electron chi connectivity index (χ4n) is 2.42. The molecule has 3 rings (SSSR count). The zero-order valence-electron chi connectivity index (χ0n) is 11.3. The topological polar surface area (TPSA) is 123 Å². The van der Waals surface area contributed by atoms with E-state index in [9.17, 15) is 25.6 Å². The van der Waals surface area contributed by atoms with Crippen LogP contribution in [-0.2, 0) is 6.42 Å². The Morgan fingerprint density at radius 2 is 1.73 bits per heavy atom. The summed E-state index contributed by atoms with van der Waals surface area (Å²) >= 11 is 0. The highest BCUT2D eigenvalue weighted by atomic mass is 16.5. The third-order valence-corrected chi connectivity index (χ3v) is 3.51. The molecule has 1 unspecified atom stereocenters. The maximum absolute atomic E-state index is 9.84.